The fourth-order valence-corrected chi connectivity index (χ4v) is 1.62. The number of carbonyl (C=O) groups is 3. The molecule has 0 atom stereocenters. The number of Topliss-reactive ketones (excluding diaryl/α,β-unsaturated/α-hetero) is 1. The van der Waals surface area contributed by atoms with E-state index in [-0.39, 0.29) is 17.7 Å². The number of nitrogens with two attached hydrogens (primary N) is 1. The number of nitrogens with one attached hydrogen (secondary N) is 2. The second-order valence-electron chi connectivity index (χ2n) is 4.44. The van der Waals surface area contributed by atoms with Crippen molar-refractivity contribution in [3.8, 4) is 0 Å². The Bertz CT molecular complexity index is 500. The largest absolute Gasteiger partial charge is 0.370 e. The predicted octanol–water partition coefficient (Wildman–Crippen LogP) is 1.67. The first-order chi connectivity index (χ1) is 9.49. The highest BCUT2D eigenvalue weighted by atomic mass is 16.2. The van der Waals surface area contributed by atoms with Crippen molar-refractivity contribution in [2.45, 2.75) is 26.2 Å². The molecule has 4 N–H and O–H groups in total. The Hall–Kier alpha value is -2.37. The van der Waals surface area contributed by atoms with Gasteiger partial charge in [0.15, 0.2) is 5.78 Å². The monoisotopic (exact) mass is 277 g/mol. The lowest BCUT2D eigenvalue weighted by Crippen LogP contribution is -2.29. The van der Waals surface area contributed by atoms with E-state index < -0.39 is 0 Å². The maximum atomic E-state index is 11.6. The number of hydrogen-bond acceptors (Lipinski definition) is 3. The Kier molecular flexibility index (Phi) is 6.22. The summed E-state index contributed by atoms with van der Waals surface area (Å²) in [6.45, 7) is 1.93. The standard InChI is InChI=1S/C14H19N3O3/c1-10(18)11-5-4-6-12(9-11)17-14(20)16-8-3-2-7-13(15)19/h4-6,9H,2-3,7-8H2,1H3,(H2,15,19)(H2,16,17,20). The van der Waals surface area contributed by atoms with Crippen molar-refractivity contribution in [3.63, 3.8) is 0 Å². The Balaban J connectivity index is 2.33. The number of ketones is 1. The Morgan fingerprint density at radius 1 is 1.20 bits per heavy atom. The van der Waals surface area contributed by atoms with Gasteiger partial charge in [-0.05, 0) is 31.9 Å². The van der Waals surface area contributed by atoms with Crippen molar-refractivity contribution in [2.75, 3.05) is 11.9 Å². The first-order valence-electron chi connectivity index (χ1n) is 6.43. The van der Waals surface area contributed by atoms with E-state index >= 15 is 0 Å². The highest BCUT2D eigenvalue weighted by Crippen LogP contribution is 2.10. The van der Waals surface area contributed by atoms with Crippen LogP contribution in [0.4, 0.5) is 10.5 Å². The average molecular weight is 277 g/mol. The zero-order valence-corrected chi connectivity index (χ0v) is 11.4. The zero-order valence-electron chi connectivity index (χ0n) is 11.4. The van der Waals surface area contributed by atoms with Gasteiger partial charge in [-0.1, -0.05) is 12.1 Å². The summed E-state index contributed by atoms with van der Waals surface area (Å²) in [7, 11) is 0. The molecule has 0 spiro atoms. The molecule has 1 rings (SSSR count). The Morgan fingerprint density at radius 2 is 1.95 bits per heavy atom. The molecule has 0 radical (unpaired) electrons. The van der Waals surface area contributed by atoms with Crippen LogP contribution >= 0.6 is 0 Å². The summed E-state index contributed by atoms with van der Waals surface area (Å²) in [6.07, 6.45) is 1.66. The average Bonchev–Trinajstić information content (AvgIpc) is 2.38. The maximum absolute atomic E-state index is 11.6. The van der Waals surface area contributed by atoms with Crippen LogP contribution in [0.15, 0.2) is 24.3 Å². The number of anilines is 1. The normalized spacial score (nSPS) is 9.85. The van der Waals surface area contributed by atoms with Crippen LogP contribution in [0.3, 0.4) is 0 Å². The molecule has 0 fully saturated rings. The van der Waals surface area contributed by atoms with E-state index in [1.54, 1.807) is 24.3 Å². The van der Waals surface area contributed by atoms with E-state index in [4.69, 9.17) is 5.73 Å². The second-order valence-corrected chi connectivity index (χ2v) is 4.44. The number of unbranched alkanes of at least 4 members (excludes halogenated alkanes) is 1. The van der Waals surface area contributed by atoms with Gasteiger partial charge < -0.3 is 16.4 Å². The molecule has 0 aliphatic rings. The highest BCUT2D eigenvalue weighted by Gasteiger charge is 2.04. The van der Waals surface area contributed by atoms with E-state index in [2.05, 4.69) is 10.6 Å². The van der Waals surface area contributed by atoms with Crippen LogP contribution in [-0.2, 0) is 4.79 Å². The van der Waals surface area contributed by atoms with Crippen LogP contribution in [0, 0.1) is 0 Å². The molecule has 0 unspecified atom stereocenters. The molecule has 0 heterocycles. The molecule has 0 saturated heterocycles. The van der Waals surface area contributed by atoms with Crippen LogP contribution in [0.25, 0.3) is 0 Å². The van der Waals surface area contributed by atoms with Crippen molar-refractivity contribution in [3.05, 3.63) is 29.8 Å². The lowest BCUT2D eigenvalue weighted by Gasteiger charge is -2.08. The Morgan fingerprint density at radius 3 is 2.60 bits per heavy atom. The molecular formula is C14H19N3O3. The van der Waals surface area contributed by atoms with Crippen LogP contribution in [0.1, 0.15) is 36.5 Å². The van der Waals surface area contributed by atoms with E-state index in [0.29, 0.717) is 37.1 Å². The SMILES string of the molecule is CC(=O)c1cccc(NC(=O)NCCCCC(N)=O)c1. The molecule has 0 bridgehead atoms. The number of primary amides is 1. The third-order valence-electron chi connectivity index (χ3n) is 2.66. The first-order valence-corrected chi connectivity index (χ1v) is 6.43. The van der Waals surface area contributed by atoms with Gasteiger partial charge in [0.1, 0.15) is 0 Å². The van der Waals surface area contributed by atoms with Gasteiger partial charge in [-0.25, -0.2) is 4.79 Å². The molecule has 6 heteroatoms. The summed E-state index contributed by atoms with van der Waals surface area (Å²) >= 11 is 0. The van der Waals surface area contributed by atoms with Crippen LogP contribution in [-0.4, -0.2) is 24.3 Å². The quantitative estimate of drug-likeness (QED) is 0.522. The first kappa shape index (κ1) is 15.7. The number of rotatable bonds is 7. The second kappa shape index (κ2) is 7.93. The summed E-state index contributed by atoms with van der Waals surface area (Å²) in [5.41, 5.74) is 6.12. The van der Waals surface area contributed by atoms with Gasteiger partial charge in [0.2, 0.25) is 5.91 Å². The minimum Gasteiger partial charge on any atom is -0.370 e. The van der Waals surface area contributed by atoms with Crippen LogP contribution in [0.5, 0.6) is 0 Å². The summed E-state index contributed by atoms with van der Waals surface area (Å²) in [6, 6.07) is 6.38. The molecule has 1 aromatic carbocycles. The number of carbonyl (C=O) groups excluding carboxylic acids is 3. The number of hydrogen-bond donors (Lipinski definition) is 3. The van der Waals surface area contributed by atoms with Gasteiger partial charge in [-0.2, -0.15) is 0 Å². The van der Waals surface area contributed by atoms with Crippen LogP contribution in [0.2, 0.25) is 0 Å². The minimum absolute atomic E-state index is 0.0551. The molecule has 3 amide bonds. The maximum Gasteiger partial charge on any atom is 0.319 e. The third-order valence-corrected chi connectivity index (χ3v) is 2.66. The molecule has 20 heavy (non-hydrogen) atoms. The number of amides is 3. The van der Waals surface area contributed by atoms with Crippen molar-refractivity contribution in [2.24, 2.45) is 5.73 Å². The predicted molar refractivity (Wildman–Crippen MR) is 76.5 cm³/mol. The smallest absolute Gasteiger partial charge is 0.319 e. The molecule has 0 aromatic heterocycles. The zero-order chi connectivity index (χ0) is 15.0. The molecule has 0 aliphatic carbocycles. The molecule has 0 saturated carbocycles. The molecule has 1 aromatic rings. The Labute approximate surface area is 117 Å². The molecule has 108 valence electrons. The van der Waals surface area contributed by atoms with Gasteiger partial charge in [0.25, 0.3) is 0 Å². The summed E-state index contributed by atoms with van der Waals surface area (Å²) < 4.78 is 0. The number of benzene rings is 1. The lowest BCUT2D eigenvalue weighted by atomic mass is 10.1. The van der Waals surface area contributed by atoms with Gasteiger partial charge >= 0.3 is 6.03 Å². The summed E-state index contributed by atoms with van der Waals surface area (Å²) in [5, 5.41) is 5.31. The van der Waals surface area contributed by atoms with Crippen molar-refractivity contribution in [1.82, 2.24) is 5.32 Å². The molecule has 6 nitrogen and oxygen atoms in total. The fraction of sp³-hybridized carbons (Fsp3) is 0.357. The van der Waals surface area contributed by atoms with Crippen molar-refractivity contribution >= 4 is 23.4 Å². The van der Waals surface area contributed by atoms with Crippen molar-refractivity contribution in [1.29, 1.82) is 0 Å². The summed E-state index contributed by atoms with van der Waals surface area (Å²) in [5.74, 6) is -0.393. The highest BCUT2D eigenvalue weighted by molar-refractivity contribution is 5.96. The van der Waals surface area contributed by atoms with Crippen LogP contribution < -0.4 is 16.4 Å². The number of urea groups is 1. The van der Waals surface area contributed by atoms with E-state index in [1.807, 2.05) is 0 Å². The molecule has 0 aliphatic heterocycles. The van der Waals surface area contributed by atoms with Gasteiger partial charge in [0, 0.05) is 24.2 Å². The van der Waals surface area contributed by atoms with Gasteiger partial charge in [-0.15, -0.1) is 0 Å². The van der Waals surface area contributed by atoms with Gasteiger partial charge in [-0.3, -0.25) is 9.59 Å². The summed E-state index contributed by atoms with van der Waals surface area (Å²) in [4.78, 5) is 33.3. The van der Waals surface area contributed by atoms with E-state index in [1.165, 1.54) is 6.92 Å². The van der Waals surface area contributed by atoms with E-state index in [9.17, 15) is 14.4 Å². The lowest BCUT2D eigenvalue weighted by molar-refractivity contribution is -0.118. The fourth-order valence-electron chi connectivity index (χ4n) is 1.62. The van der Waals surface area contributed by atoms with Gasteiger partial charge in [0.05, 0.1) is 0 Å². The van der Waals surface area contributed by atoms with E-state index in [0.717, 1.165) is 0 Å². The molecular weight excluding hydrogens is 258 g/mol. The minimum atomic E-state index is -0.343. The topological polar surface area (TPSA) is 101 Å². The third kappa shape index (κ3) is 5.99. The van der Waals surface area contributed by atoms with Crippen molar-refractivity contribution < 1.29 is 14.4 Å².